The van der Waals surface area contributed by atoms with E-state index in [0.29, 0.717) is 17.7 Å². The summed E-state index contributed by atoms with van der Waals surface area (Å²) >= 11 is 1.75. The molecule has 1 aromatic rings. The Morgan fingerprint density at radius 3 is 2.56 bits per heavy atom. The predicted molar refractivity (Wildman–Crippen MR) is 74.3 cm³/mol. The zero-order chi connectivity index (χ0) is 13.4. The molecule has 0 unspecified atom stereocenters. The number of nitrogens with zero attached hydrogens (tertiary/aromatic N) is 1. The van der Waals surface area contributed by atoms with Gasteiger partial charge in [-0.05, 0) is 30.6 Å². The largest absolute Gasteiger partial charge is 0.409 e. The SMILES string of the molecule is CSCCCNC(=O)c1ccc(C(N)=NO)cc1. The van der Waals surface area contributed by atoms with Gasteiger partial charge in [-0.1, -0.05) is 17.3 Å². The standard InChI is InChI=1S/C12H17N3O2S/c1-18-8-2-7-14-12(16)10-5-3-9(4-6-10)11(13)15-17/h3-6,17H,2,7-8H2,1H3,(H2,13,15)(H,14,16). The van der Waals surface area contributed by atoms with E-state index in [9.17, 15) is 4.79 Å². The van der Waals surface area contributed by atoms with Crippen LogP contribution in [-0.4, -0.2) is 35.5 Å². The molecule has 5 nitrogen and oxygen atoms in total. The van der Waals surface area contributed by atoms with Gasteiger partial charge in [0.15, 0.2) is 5.84 Å². The summed E-state index contributed by atoms with van der Waals surface area (Å²) in [5.41, 5.74) is 6.57. The lowest BCUT2D eigenvalue weighted by molar-refractivity contribution is 0.0954. The highest BCUT2D eigenvalue weighted by molar-refractivity contribution is 7.98. The smallest absolute Gasteiger partial charge is 0.251 e. The van der Waals surface area contributed by atoms with Gasteiger partial charge >= 0.3 is 0 Å². The van der Waals surface area contributed by atoms with Crippen molar-refractivity contribution in [2.24, 2.45) is 10.9 Å². The van der Waals surface area contributed by atoms with Crippen molar-refractivity contribution in [1.82, 2.24) is 5.32 Å². The highest BCUT2D eigenvalue weighted by Gasteiger charge is 2.05. The number of amidine groups is 1. The Morgan fingerprint density at radius 1 is 1.39 bits per heavy atom. The number of rotatable bonds is 6. The van der Waals surface area contributed by atoms with Crippen LogP contribution >= 0.6 is 11.8 Å². The number of nitrogens with two attached hydrogens (primary N) is 1. The molecule has 0 aliphatic carbocycles. The summed E-state index contributed by atoms with van der Waals surface area (Å²) in [7, 11) is 0. The van der Waals surface area contributed by atoms with E-state index in [1.807, 2.05) is 6.26 Å². The van der Waals surface area contributed by atoms with Crippen molar-refractivity contribution in [2.45, 2.75) is 6.42 Å². The minimum absolute atomic E-state index is 0.0296. The van der Waals surface area contributed by atoms with Crippen LogP contribution in [0.5, 0.6) is 0 Å². The lowest BCUT2D eigenvalue weighted by Gasteiger charge is -2.05. The third-order valence-electron chi connectivity index (χ3n) is 2.36. The van der Waals surface area contributed by atoms with Gasteiger partial charge < -0.3 is 16.3 Å². The Kier molecular flexibility index (Phi) is 6.07. The van der Waals surface area contributed by atoms with Crippen LogP contribution in [0.3, 0.4) is 0 Å². The molecule has 0 aliphatic rings. The third kappa shape index (κ3) is 4.29. The maximum Gasteiger partial charge on any atom is 0.251 e. The zero-order valence-electron chi connectivity index (χ0n) is 10.2. The first-order valence-electron chi connectivity index (χ1n) is 5.54. The Morgan fingerprint density at radius 2 is 2.00 bits per heavy atom. The van der Waals surface area contributed by atoms with Gasteiger partial charge in [-0.2, -0.15) is 11.8 Å². The van der Waals surface area contributed by atoms with E-state index >= 15 is 0 Å². The van der Waals surface area contributed by atoms with Gasteiger partial charge in [0, 0.05) is 17.7 Å². The van der Waals surface area contributed by atoms with Crippen molar-refractivity contribution in [3.05, 3.63) is 35.4 Å². The Hall–Kier alpha value is -1.69. The molecule has 6 heteroatoms. The van der Waals surface area contributed by atoms with Crippen molar-refractivity contribution in [3.63, 3.8) is 0 Å². The quantitative estimate of drug-likeness (QED) is 0.238. The first-order valence-corrected chi connectivity index (χ1v) is 6.93. The molecule has 0 atom stereocenters. The van der Waals surface area contributed by atoms with E-state index < -0.39 is 0 Å². The number of carbonyl (C=O) groups excluding carboxylic acids is 1. The number of benzene rings is 1. The predicted octanol–water partition coefficient (Wildman–Crippen LogP) is 1.26. The minimum atomic E-state index is -0.109. The lowest BCUT2D eigenvalue weighted by atomic mass is 10.1. The van der Waals surface area contributed by atoms with Crippen LogP contribution in [0.25, 0.3) is 0 Å². The van der Waals surface area contributed by atoms with Gasteiger partial charge in [-0.3, -0.25) is 4.79 Å². The van der Waals surface area contributed by atoms with Crippen LogP contribution in [-0.2, 0) is 0 Å². The number of thioether (sulfide) groups is 1. The average Bonchev–Trinajstić information content (AvgIpc) is 2.42. The summed E-state index contributed by atoms with van der Waals surface area (Å²) in [6.45, 7) is 0.668. The van der Waals surface area contributed by atoms with Crippen molar-refractivity contribution in [3.8, 4) is 0 Å². The van der Waals surface area contributed by atoms with E-state index in [1.54, 1.807) is 36.0 Å². The molecule has 0 aromatic heterocycles. The maximum atomic E-state index is 11.7. The number of oxime groups is 1. The van der Waals surface area contributed by atoms with Gasteiger partial charge in [0.05, 0.1) is 0 Å². The second kappa shape index (κ2) is 7.60. The second-order valence-corrected chi connectivity index (χ2v) is 4.65. The van der Waals surface area contributed by atoms with Crippen molar-refractivity contribution < 1.29 is 10.0 Å². The van der Waals surface area contributed by atoms with Crippen LogP contribution in [0.2, 0.25) is 0 Å². The van der Waals surface area contributed by atoms with Crippen molar-refractivity contribution in [2.75, 3.05) is 18.6 Å². The summed E-state index contributed by atoms with van der Waals surface area (Å²) in [5, 5.41) is 14.2. The van der Waals surface area contributed by atoms with E-state index in [0.717, 1.165) is 12.2 Å². The molecule has 0 aliphatic heterocycles. The van der Waals surface area contributed by atoms with Crippen LogP contribution < -0.4 is 11.1 Å². The maximum absolute atomic E-state index is 11.7. The fraction of sp³-hybridized carbons (Fsp3) is 0.333. The molecule has 0 heterocycles. The van der Waals surface area contributed by atoms with E-state index in [-0.39, 0.29) is 11.7 Å². The number of hydrogen-bond donors (Lipinski definition) is 3. The molecule has 18 heavy (non-hydrogen) atoms. The highest BCUT2D eigenvalue weighted by Crippen LogP contribution is 2.04. The fourth-order valence-electron chi connectivity index (χ4n) is 1.37. The van der Waals surface area contributed by atoms with Gasteiger partial charge in [-0.25, -0.2) is 0 Å². The van der Waals surface area contributed by atoms with Gasteiger partial charge in [0.1, 0.15) is 0 Å². The molecule has 1 amide bonds. The summed E-state index contributed by atoms with van der Waals surface area (Å²) < 4.78 is 0. The van der Waals surface area contributed by atoms with Crippen LogP contribution in [0.15, 0.2) is 29.4 Å². The highest BCUT2D eigenvalue weighted by atomic mass is 32.2. The Labute approximate surface area is 110 Å². The normalized spacial score (nSPS) is 11.3. The molecule has 0 bridgehead atoms. The summed E-state index contributed by atoms with van der Waals surface area (Å²) in [5.74, 6) is 0.951. The van der Waals surface area contributed by atoms with E-state index in [4.69, 9.17) is 10.9 Å². The Balaban J connectivity index is 2.54. The van der Waals surface area contributed by atoms with E-state index in [2.05, 4.69) is 10.5 Å². The van der Waals surface area contributed by atoms with E-state index in [1.165, 1.54) is 0 Å². The monoisotopic (exact) mass is 267 g/mol. The molecule has 98 valence electrons. The first-order chi connectivity index (χ1) is 8.69. The van der Waals surface area contributed by atoms with Crippen molar-refractivity contribution in [1.29, 1.82) is 0 Å². The summed E-state index contributed by atoms with van der Waals surface area (Å²) in [6.07, 6.45) is 2.99. The number of nitrogens with one attached hydrogen (secondary N) is 1. The zero-order valence-corrected chi connectivity index (χ0v) is 11.0. The molecule has 1 aromatic carbocycles. The van der Waals surface area contributed by atoms with Crippen LogP contribution in [0.1, 0.15) is 22.3 Å². The molecule has 0 fully saturated rings. The molecule has 0 saturated heterocycles. The van der Waals surface area contributed by atoms with Gasteiger partial charge in [-0.15, -0.1) is 0 Å². The lowest BCUT2D eigenvalue weighted by Crippen LogP contribution is -2.25. The van der Waals surface area contributed by atoms with Crippen LogP contribution in [0, 0.1) is 0 Å². The summed E-state index contributed by atoms with van der Waals surface area (Å²) in [4.78, 5) is 11.7. The number of hydrogen-bond acceptors (Lipinski definition) is 4. The number of amides is 1. The minimum Gasteiger partial charge on any atom is -0.409 e. The van der Waals surface area contributed by atoms with Crippen molar-refractivity contribution >= 4 is 23.5 Å². The second-order valence-electron chi connectivity index (χ2n) is 3.66. The number of carbonyl (C=O) groups is 1. The third-order valence-corrected chi connectivity index (χ3v) is 3.06. The molecular formula is C12H17N3O2S. The molecule has 0 saturated carbocycles. The topological polar surface area (TPSA) is 87.7 Å². The first kappa shape index (κ1) is 14.4. The Bertz CT molecular complexity index is 418. The van der Waals surface area contributed by atoms with Gasteiger partial charge in [0.25, 0.3) is 5.91 Å². The molecule has 1 rings (SSSR count). The molecular weight excluding hydrogens is 250 g/mol. The summed E-state index contributed by atoms with van der Waals surface area (Å²) in [6, 6.07) is 6.59. The molecule has 0 spiro atoms. The average molecular weight is 267 g/mol. The van der Waals surface area contributed by atoms with Gasteiger partial charge in [0.2, 0.25) is 0 Å². The molecule has 4 N–H and O–H groups in total. The fourth-order valence-corrected chi connectivity index (χ4v) is 1.80. The molecule has 0 radical (unpaired) electrons. The van der Waals surface area contributed by atoms with Crippen LogP contribution in [0.4, 0.5) is 0 Å².